The van der Waals surface area contributed by atoms with Crippen LogP contribution >= 0.6 is 0 Å². The van der Waals surface area contributed by atoms with Gasteiger partial charge in [0, 0.05) is 19.5 Å². The van der Waals surface area contributed by atoms with Crippen LogP contribution in [0.5, 0.6) is 5.75 Å². The van der Waals surface area contributed by atoms with E-state index in [4.69, 9.17) is 4.74 Å². The first kappa shape index (κ1) is 12.7. The van der Waals surface area contributed by atoms with Crippen molar-refractivity contribution in [1.29, 1.82) is 0 Å². The summed E-state index contributed by atoms with van der Waals surface area (Å²) in [5, 5.41) is 6.37. The van der Waals surface area contributed by atoms with Crippen molar-refractivity contribution >= 4 is 11.6 Å². The molecule has 0 saturated carbocycles. The van der Waals surface area contributed by atoms with Gasteiger partial charge in [0.2, 0.25) is 5.75 Å². The first-order chi connectivity index (χ1) is 9.83. The maximum Gasteiger partial charge on any atom is 0.204 e. The molecule has 104 valence electrons. The van der Waals surface area contributed by atoms with Gasteiger partial charge in [0.05, 0.1) is 7.11 Å². The third-order valence-electron chi connectivity index (χ3n) is 3.72. The molecule has 2 N–H and O–H groups in total. The smallest absolute Gasteiger partial charge is 0.204 e. The zero-order valence-electron chi connectivity index (χ0n) is 11.7. The van der Waals surface area contributed by atoms with Crippen LogP contribution in [-0.4, -0.2) is 30.7 Å². The fraction of sp³-hybridized carbons (Fsp3) is 0.333. The predicted octanol–water partition coefficient (Wildman–Crippen LogP) is 2.28. The lowest BCUT2D eigenvalue weighted by molar-refractivity contribution is 0.414. The van der Waals surface area contributed by atoms with Gasteiger partial charge in [-0.3, -0.25) is 0 Å². The molecule has 1 atom stereocenters. The Morgan fingerprint density at radius 1 is 1.25 bits per heavy atom. The van der Waals surface area contributed by atoms with Crippen LogP contribution < -0.4 is 15.4 Å². The van der Waals surface area contributed by atoms with Crippen LogP contribution in [0.25, 0.3) is 0 Å². The summed E-state index contributed by atoms with van der Waals surface area (Å²) in [6.07, 6.45) is 2.65. The number of nitrogens with one attached hydrogen (secondary N) is 2. The third-order valence-corrected chi connectivity index (χ3v) is 3.72. The quantitative estimate of drug-likeness (QED) is 0.873. The largest absolute Gasteiger partial charge is 0.490 e. The summed E-state index contributed by atoms with van der Waals surface area (Å²) in [5.41, 5.74) is 2.88. The molecule has 1 unspecified atom stereocenters. The summed E-state index contributed by atoms with van der Waals surface area (Å²) in [6, 6.07) is 8.57. The Morgan fingerprint density at radius 2 is 2.05 bits per heavy atom. The molecule has 0 saturated heterocycles. The predicted molar refractivity (Wildman–Crippen MR) is 79.5 cm³/mol. The van der Waals surface area contributed by atoms with Gasteiger partial charge in [0.15, 0.2) is 11.6 Å². The summed E-state index contributed by atoms with van der Waals surface area (Å²) in [6.45, 7) is 0.855. The molecular weight excluding hydrogens is 252 g/mol. The molecular formula is C15H18N4O. The second-order valence-electron chi connectivity index (χ2n) is 4.83. The SMILES string of the molecule is CNc1ncnc(NCC2Cc3ccccc32)c1OC. The van der Waals surface area contributed by atoms with E-state index in [9.17, 15) is 0 Å². The second kappa shape index (κ2) is 5.36. The lowest BCUT2D eigenvalue weighted by atomic mass is 9.77. The molecule has 1 heterocycles. The standard InChI is InChI=1S/C15H18N4O/c1-16-14-13(20-2)15(19-9-18-14)17-8-11-7-10-5-3-4-6-12(10)11/h3-6,9,11H,7-8H2,1-2H3,(H2,16,17,18,19). The number of rotatable bonds is 5. The Morgan fingerprint density at radius 3 is 2.80 bits per heavy atom. The lowest BCUT2D eigenvalue weighted by Gasteiger charge is -2.30. The number of hydrogen-bond acceptors (Lipinski definition) is 5. The van der Waals surface area contributed by atoms with Gasteiger partial charge in [0.1, 0.15) is 6.33 Å². The number of hydrogen-bond donors (Lipinski definition) is 2. The van der Waals surface area contributed by atoms with Crippen LogP contribution in [0.3, 0.4) is 0 Å². The number of fused-ring (bicyclic) bond motifs is 1. The van der Waals surface area contributed by atoms with E-state index >= 15 is 0 Å². The average molecular weight is 270 g/mol. The number of anilines is 2. The molecule has 0 aliphatic heterocycles. The number of nitrogens with zero attached hydrogens (tertiary/aromatic N) is 2. The molecule has 1 aliphatic rings. The lowest BCUT2D eigenvalue weighted by Crippen LogP contribution is -2.24. The van der Waals surface area contributed by atoms with Crippen molar-refractivity contribution in [2.45, 2.75) is 12.3 Å². The molecule has 2 aromatic rings. The summed E-state index contributed by atoms with van der Waals surface area (Å²) in [5.74, 6) is 2.63. The van der Waals surface area contributed by atoms with Crippen molar-refractivity contribution < 1.29 is 4.74 Å². The Balaban J connectivity index is 1.71. The minimum Gasteiger partial charge on any atom is -0.490 e. The van der Waals surface area contributed by atoms with Crippen LogP contribution in [0.4, 0.5) is 11.6 Å². The van der Waals surface area contributed by atoms with Crippen molar-refractivity contribution in [3.8, 4) is 5.75 Å². The monoisotopic (exact) mass is 270 g/mol. The van der Waals surface area contributed by atoms with E-state index in [1.54, 1.807) is 7.11 Å². The molecule has 0 amide bonds. The van der Waals surface area contributed by atoms with Gasteiger partial charge < -0.3 is 15.4 Å². The molecule has 5 heteroatoms. The molecule has 20 heavy (non-hydrogen) atoms. The van der Waals surface area contributed by atoms with Gasteiger partial charge in [0.25, 0.3) is 0 Å². The van der Waals surface area contributed by atoms with Gasteiger partial charge in [-0.05, 0) is 17.5 Å². The molecule has 0 bridgehead atoms. The molecule has 5 nitrogen and oxygen atoms in total. The number of aromatic nitrogens is 2. The van der Waals surface area contributed by atoms with Gasteiger partial charge in [-0.15, -0.1) is 0 Å². The molecule has 1 aromatic heterocycles. The van der Waals surface area contributed by atoms with Crippen molar-refractivity contribution in [2.75, 3.05) is 31.3 Å². The van der Waals surface area contributed by atoms with Crippen molar-refractivity contribution in [1.82, 2.24) is 9.97 Å². The highest BCUT2D eigenvalue weighted by Gasteiger charge is 2.25. The number of methoxy groups -OCH3 is 1. The van der Waals surface area contributed by atoms with Crippen molar-refractivity contribution in [2.24, 2.45) is 0 Å². The Labute approximate surface area is 118 Å². The van der Waals surface area contributed by atoms with Crippen LogP contribution in [0.2, 0.25) is 0 Å². The van der Waals surface area contributed by atoms with Crippen molar-refractivity contribution in [3.63, 3.8) is 0 Å². The van der Waals surface area contributed by atoms with E-state index in [2.05, 4.69) is 44.9 Å². The van der Waals surface area contributed by atoms with Crippen LogP contribution in [0.15, 0.2) is 30.6 Å². The summed E-state index contributed by atoms with van der Waals surface area (Å²) < 4.78 is 5.37. The highest BCUT2D eigenvalue weighted by molar-refractivity contribution is 5.63. The van der Waals surface area contributed by atoms with E-state index in [0.717, 1.165) is 18.8 Å². The first-order valence-electron chi connectivity index (χ1n) is 6.72. The van der Waals surface area contributed by atoms with E-state index < -0.39 is 0 Å². The Hall–Kier alpha value is -2.30. The van der Waals surface area contributed by atoms with E-state index in [1.165, 1.54) is 17.5 Å². The fourth-order valence-corrected chi connectivity index (χ4v) is 2.64. The van der Waals surface area contributed by atoms with Crippen LogP contribution in [0, 0.1) is 0 Å². The highest BCUT2D eigenvalue weighted by atomic mass is 16.5. The van der Waals surface area contributed by atoms with Crippen LogP contribution in [-0.2, 0) is 6.42 Å². The van der Waals surface area contributed by atoms with E-state index in [1.807, 2.05) is 7.05 Å². The number of ether oxygens (including phenoxy) is 1. The molecule has 0 spiro atoms. The third kappa shape index (κ3) is 2.15. The molecule has 0 fully saturated rings. The molecule has 1 aromatic carbocycles. The fourth-order valence-electron chi connectivity index (χ4n) is 2.64. The minimum atomic E-state index is 0.545. The topological polar surface area (TPSA) is 59.1 Å². The van der Waals surface area contributed by atoms with E-state index in [0.29, 0.717) is 17.5 Å². The molecule has 3 rings (SSSR count). The van der Waals surface area contributed by atoms with Crippen molar-refractivity contribution in [3.05, 3.63) is 41.7 Å². The highest BCUT2D eigenvalue weighted by Crippen LogP contribution is 2.36. The maximum atomic E-state index is 5.37. The summed E-state index contributed by atoms with van der Waals surface area (Å²) in [7, 11) is 3.44. The second-order valence-corrected chi connectivity index (χ2v) is 4.83. The zero-order chi connectivity index (χ0) is 13.9. The maximum absolute atomic E-state index is 5.37. The minimum absolute atomic E-state index is 0.545. The Bertz CT molecular complexity index is 615. The van der Waals surface area contributed by atoms with Gasteiger partial charge in [-0.2, -0.15) is 0 Å². The zero-order valence-corrected chi connectivity index (χ0v) is 11.7. The van der Waals surface area contributed by atoms with E-state index in [-0.39, 0.29) is 0 Å². The Kier molecular flexibility index (Phi) is 3.41. The molecule has 1 aliphatic carbocycles. The normalized spacial score (nSPS) is 16.0. The average Bonchev–Trinajstić information content (AvgIpc) is 2.47. The van der Waals surface area contributed by atoms with Gasteiger partial charge in [-0.1, -0.05) is 24.3 Å². The number of benzene rings is 1. The first-order valence-corrected chi connectivity index (χ1v) is 6.72. The van der Waals surface area contributed by atoms with Crippen LogP contribution in [0.1, 0.15) is 17.0 Å². The summed E-state index contributed by atoms with van der Waals surface area (Å²) in [4.78, 5) is 8.40. The molecule has 0 radical (unpaired) electrons. The van der Waals surface area contributed by atoms with Gasteiger partial charge >= 0.3 is 0 Å². The van der Waals surface area contributed by atoms with Gasteiger partial charge in [-0.25, -0.2) is 9.97 Å². The summed E-state index contributed by atoms with van der Waals surface area (Å²) >= 11 is 0.